The summed E-state index contributed by atoms with van der Waals surface area (Å²) in [4.78, 5) is 19.1. The van der Waals surface area contributed by atoms with Crippen LogP contribution in [0.15, 0.2) is 78.9 Å². The number of benzene rings is 3. The van der Waals surface area contributed by atoms with Gasteiger partial charge in [0.15, 0.2) is 0 Å². The molecule has 0 bridgehead atoms. The third-order valence-corrected chi connectivity index (χ3v) is 7.09. The van der Waals surface area contributed by atoms with Crippen LogP contribution in [0.3, 0.4) is 0 Å². The summed E-state index contributed by atoms with van der Waals surface area (Å²) in [6.45, 7) is 0. The molecule has 0 aliphatic heterocycles. The molecule has 0 saturated carbocycles. The Kier molecular flexibility index (Phi) is 6.45. The zero-order valence-electron chi connectivity index (χ0n) is 20.1. The number of pyridine rings is 1. The lowest BCUT2D eigenvalue weighted by molar-refractivity contribution is 0.103. The number of amides is 1. The Labute approximate surface area is 217 Å². The molecule has 5 rings (SSSR count). The van der Waals surface area contributed by atoms with Gasteiger partial charge in [0.1, 0.15) is 27.3 Å². The SMILES string of the molecule is COc1ccc(-c2cc(-c3ccc(OC)cc3)c3c(N)c(C(=O)Nc4ccccc4C#N)sc3n2)cc1. The minimum atomic E-state index is -0.394. The van der Waals surface area contributed by atoms with Crippen molar-refractivity contribution in [2.24, 2.45) is 0 Å². The number of nitrogens with two attached hydrogens (primary N) is 1. The van der Waals surface area contributed by atoms with Gasteiger partial charge in [0.25, 0.3) is 5.91 Å². The van der Waals surface area contributed by atoms with Gasteiger partial charge >= 0.3 is 0 Å². The molecule has 0 fully saturated rings. The number of ether oxygens (including phenoxy) is 2. The molecule has 5 aromatic rings. The van der Waals surface area contributed by atoms with Crippen molar-refractivity contribution in [1.29, 1.82) is 5.26 Å². The van der Waals surface area contributed by atoms with Crippen LogP contribution in [0, 0.1) is 11.3 Å². The average Bonchev–Trinajstić information content (AvgIpc) is 3.29. The van der Waals surface area contributed by atoms with Gasteiger partial charge < -0.3 is 20.5 Å². The van der Waals surface area contributed by atoms with E-state index in [0.29, 0.717) is 32.0 Å². The van der Waals surface area contributed by atoms with Crippen molar-refractivity contribution >= 4 is 38.8 Å². The Hall–Kier alpha value is -4.87. The first-order valence-electron chi connectivity index (χ1n) is 11.3. The van der Waals surface area contributed by atoms with Crippen LogP contribution in [0.4, 0.5) is 11.4 Å². The van der Waals surface area contributed by atoms with E-state index in [2.05, 4.69) is 11.4 Å². The van der Waals surface area contributed by atoms with Gasteiger partial charge in [0, 0.05) is 10.9 Å². The zero-order chi connectivity index (χ0) is 25.9. The smallest absolute Gasteiger partial charge is 0.267 e. The molecule has 182 valence electrons. The molecule has 0 saturated heterocycles. The molecule has 0 aliphatic rings. The number of hydrogen-bond donors (Lipinski definition) is 2. The number of hydrogen-bond acceptors (Lipinski definition) is 7. The van der Waals surface area contributed by atoms with Gasteiger partial charge in [-0.2, -0.15) is 5.26 Å². The summed E-state index contributed by atoms with van der Waals surface area (Å²) in [6.07, 6.45) is 0. The Morgan fingerprint density at radius 3 is 2.19 bits per heavy atom. The lowest BCUT2D eigenvalue weighted by Crippen LogP contribution is -2.12. The number of thiophene rings is 1. The molecule has 37 heavy (non-hydrogen) atoms. The number of methoxy groups -OCH3 is 2. The van der Waals surface area contributed by atoms with E-state index < -0.39 is 5.91 Å². The number of rotatable bonds is 6. The molecule has 0 spiro atoms. The summed E-state index contributed by atoms with van der Waals surface area (Å²) in [5.41, 5.74) is 11.1. The fourth-order valence-corrected chi connectivity index (χ4v) is 5.08. The first-order valence-corrected chi connectivity index (χ1v) is 12.2. The van der Waals surface area contributed by atoms with Crippen LogP contribution < -0.4 is 20.5 Å². The summed E-state index contributed by atoms with van der Waals surface area (Å²) in [5, 5.41) is 12.9. The molecule has 0 atom stereocenters. The Morgan fingerprint density at radius 2 is 1.57 bits per heavy atom. The van der Waals surface area contributed by atoms with E-state index in [1.54, 1.807) is 38.5 Å². The highest BCUT2D eigenvalue weighted by molar-refractivity contribution is 7.21. The number of carbonyl (C=O) groups excluding carboxylic acids is 1. The number of nitrogens with one attached hydrogen (secondary N) is 1. The van der Waals surface area contributed by atoms with Crippen molar-refractivity contribution in [1.82, 2.24) is 4.98 Å². The molecule has 0 unspecified atom stereocenters. The number of aromatic nitrogens is 1. The lowest BCUT2D eigenvalue weighted by Gasteiger charge is -2.10. The summed E-state index contributed by atoms with van der Waals surface area (Å²) < 4.78 is 10.6. The highest BCUT2D eigenvalue weighted by Gasteiger charge is 2.22. The topological polar surface area (TPSA) is 110 Å². The molecule has 0 aliphatic carbocycles. The number of nitriles is 1. The molecule has 8 heteroatoms. The Bertz CT molecular complexity index is 1650. The van der Waals surface area contributed by atoms with E-state index in [-0.39, 0.29) is 0 Å². The van der Waals surface area contributed by atoms with Crippen molar-refractivity contribution in [3.05, 3.63) is 89.3 Å². The van der Waals surface area contributed by atoms with Crippen LogP contribution in [0.2, 0.25) is 0 Å². The molecule has 2 heterocycles. The monoisotopic (exact) mass is 506 g/mol. The number of anilines is 2. The van der Waals surface area contributed by atoms with Crippen molar-refractivity contribution in [2.75, 3.05) is 25.3 Å². The van der Waals surface area contributed by atoms with E-state index in [4.69, 9.17) is 20.2 Å². The molecule has 3 N–H and O–H groups in total. The predicted molar refractivity (Wildman–Crippen MR) is 147 cm³/mol. The van der Waals surface area contributed by atoms with Crippen molar-refractivity contribution in [3.63, 3.8) is 0 Å². The Balaban J connectivity index is 1.66. The number of nitrogen functional groups attached to an aromatic ring is 1. The summed E-state index contributed by atoms with van der Waals surface area (Å²) in [6, 6.07) is 26.2. The van der Waals surface area contributed by atoms with Gasteiger partial charge in [-0.15, -0.1) is 11.3 Å². The molecular formula is C29H22N4O3S. The fraction of sp³-hybridized carbons (Fsp3) is 0.0690. The number of nitrogens with zero attached hydrogens (tertiary/aromatic N) is 2. The molecule has 2 aromatic heterocycles. The average molecular weight is 507 g/mol. The van der Waals surface area contributed by atoms with E-state index in [1.165, 1.54) is 11.3 Å². The second-order valence-electron chi connectivity index (χ2n) is 8.15. The molecule has 3 aromatic carbocycles. The van der Waals surface area contributed by atoms with Gasteiger partial charge in [0.2, 0.25) is 0 Å². The minimum Gasteiger partial charge on any atom is -0.497 e. The van der Waals surface area contributed by atoms with E-state index in [1.807, 2.05) is 54.6 Å². The summed E-state index contributed by atoms with van der Waals surface area (Å²) >= 11 is 1.22. The second kappa shape index (κ2) is 10.0. The zero-order valence-corrected chi connectivity index (χ0v) is 20.9. The fourth-order valence-electron chi connectivity index (χ4n) is 4.07. The maximum absolute atomic E-state index is 13.3. The van der Waals surface area contributed by atoms with Gasteiger partial charge in [-0.25, -0.2) is 4.98 Å². The highest BCUT2D eigenvalue weighted by Crippen LogP contribution is 2.42. The van der Waals surface area contributed by atoms with E-state index >= 15 is 0 Å². The van der Waals surface area contributed by atoms with Gasteiger partial charge in [-0.3, -0.25) is 4.79 Å². The minimum absolute atomic E-state index is 0.330. The van der Waals surface area contributed by atoms with Crippen LogP contribution in [-0.4, -0.2) is 25.1 Å². The van der Waals surface area contributed by atoms with Gasteiger partial charge in [-0.05, 0) is 65.7 Å². The normalized spacial score (nSPS) is 10.6. The summed E-state index contributed by atoms with van der Waals surface area (Å²) in [7, 11) is 3.24. The highest BCUT2D eigenvalue weighted by atomic mass is 32.1. The van der Waals surface area contributed by atoms with E-state index in [9.17, 15) is 10.1 Å². The number of fused-ring (bicyclic) bond motifs is 1. The molecule has 7 nitrogen and oxygen atoms in total. The van der Waals surface area contributed by atoms with Crippen LogP contribution in [0.5, 0.6) is 11.5 Å². The number of para-hydroxylation sites is 1. The maximum atomic E-state index is 13.3. The van der Waals surface area contributed by atoms with Crippen molar-refractivity contribution in [2.45, 2.75) is 0 Å². The standard InChI is InChI=1S/C29H22N4O3S/c1-35-20-11-7-17(8-12-20)22-15-24(18-9-13-21(36-2)14-10-18)33-29-25(22)26(31)27(37-29)28(34)32-23-6-4-3-5-19(23)16-30/h3-15H,31H2,1-2H3,(H,32,34). The Morgan fingerprint density at radius 1 is 0.946 bits per heavy atom. The molecule has 1 amide bonds. The van der Waals surface area contributed by atoms with Crippen LogP contribution in [0.1, 0.15) is 15.2 Å². The van der Waals surface area contributed by atoms with E-state index in [0.717, 1.165) is 33.9 Å². The maximum Gasteiger partial charge on any atom is 0.267 e. The molecule has 0 radical (unpaired) electrons. The van der Waals surface area contributed by atoms with Gasteiger partial charge in [0.05, 0.1) is 36.9 Å². The van der Waals surface area contributed by atoms with Crippen LogP contribution in [-0.2, 0) is 0 Å². The van der Waals surface area contributed by atoms with Crippen LogP contribution >= 0.6 is 11.3 Å². The largest absolute Gasteiger partial charge is 0.497 e. The van der Waals surface area contributed by atoms with Crippen LogP contribution in [0.25, 0.3) is 32.6 Å². The number of carbonyl (C=O) groups is 1. The summed E-state index contributed by atoms with van der Waals surface area (Å²) in [5.74, 6) is 1.09. The quantitative estimate of drug-likeness (QED) is 0.277. The first kappa shape index (κ1) is 23.9. The van der Waals surface area contributed by atoms with Crippen molar-refractivity contribution in [3.8, 4) is 40.0 Å². The van der Waals surface area contributed by atoms with Gasteiger partial charge in [-0.1, -0.05) is 24.3 Å². The second-order valence-corrected chi connectivity index (χ2v) is 9.15. The van der Waals surface area contributed by atoms with Crippen molar-refractivity contribution < 1.29 is 14.3 Å². The first-order chi connectivity index (χ1) is 18.0. The lowest BCUT2D eigenvalue weighted by atomic mass is 9.99. The molecular weight excluding hydrogens is 484 g/mol. The third kappa shape index (κ3) is 4.56. The predicted octanol–water partition coefficient (Wildman–Crippen LogP) is 6.35. The third-order valence-electron chi connectivity index (χ3n) is 5.99.